The van der Waals surface area contributed by atoms with Crippen molar-refractivity contribution in [1.82, 2.24) is 26.0 Å². The van der Waals surface area contributed by atoms with E-state index < -0.39 is 0 Å². The number of hydrogen-bond acceptors (Lipinski definition) is 6. The van der Waals surface area contributed by atoms with E-state index in [4.69, 9.17) is 9.73 Å². The number of urea groups is 1. The van der Waals surface area contributed by atoms with Crippen LogP contribution in [0.4, 0.5) is 4.79 Å². The van der Waals surface area contributed by atoms with Crippen LogP contribution in [0.15, 0.2) is 16.4 Å². The lowest BCUT2D eigenvalue weighted by Gasteiger charge is -2.59. The van der Waals surface area contributed by atoms with Crippen molar-refractivity contribution in [3.63, 3.8) is 0 Å². The molecule has 1 atom stereocenters. The number of hydrogen-bond donors (Lipinski definition) is 3. The third-order valence-corrected chi connectivity index (χ3v) is 8.38. The molecule has 2 amide bonds. The van der Waals surface area contributed by atoms with Crippen molar-refractivity contribution in [2.24, 2.45) is 28.2 Å². The molecule has 3 heterocycles. The molecule has 7 aliphatic rings. The first-order valence-corrected chi connectivity index (χ1v) is 11.8. The van der Waals surface area contributed by atoms with Crippen LogP contribution < -0.4 is 16.1 Å². The summed E-state index contributed by atoms with van der Waals surface area (Å²) in [5.74, 6) is 3.69. The Morgan fingerprint density at radius 2 is 1.84 bits per heavy atom. The molecule has 0 radical (unpaired) electrons. The minimum Gasteiger partial charge on any atom is -0.379 e. The molecule has 1 unspecified atom stereocenters. The van der Waals surface area contributed by atoms with Gasteiger partial charge in [0, 0.05) is 31.8 Å². The van der Waals surface area contributed by atoms with E-state index in [-0.39, 0.29) is 24.5 Å². The second-order valence-electron chi connectivity index (χ2n) is 10.4. The van der Waals surface area contributed by atoms with Gasteiger partial charge in [0.1, 0.15) is 5.82 Å². The van der Waals surface area contributed by atoms with Crippen LogP contribution >= 0.6 is 12.4 Å². The highest BCUT2D eigenvalue weighted by Crippen LogP contribution is 2.63. The molecule has 3 aliphatic heterocycles. The van der Waals surface area contributed by atoms with Gasteiger partial charge in [0.25, 0.3) is 0 Å². The summed E-state index contributed by atoms with van der Waals surface area (Å²) >= 11 is 0. The number of aliphatic imine (C=N–C) groups is 1. The summed E-state index contributed by atoms with van der Waals surface area (Å²) in [7, 11) is 0. The number of nitrogens with zero attached hydrogens (tertiary/aromatic N) is 3. The third-order valence-electron chi connectivity index (χ3n) is 8.38. The Kier molecular flexibility index (Phi) is 5.81. The normalized spacial score (nSPS) is 38.4. The Hall–Kier alpha value is -1.51. The van der Waals surface area contributed by atoms with E-state index >= 15 is 0 Å². The number of ether oxygens (including phenoxy) is 1. The fraction of sp³-hybridized carbons (Fsp3) is 0.818. The predicted molar refractivity (Wildman–Crippen MR) is 121 cm³/mol. The fourth-order valence-electron chi connectivity index (χ4n) is 7.51. The molecule has 172 valence electrons. The van der Waals surface area contributed by atoms with Crippen molar-refractivity contribution in [2.75, 3.05) is 45.9 Å². The number of nitrogens with one attached hydrogen (secondary N) is 3. The van der Waals surface area contributed by atoms with Crippen LogP contribution in [0.3, 0.4) is 0 Å². The molecule has 4 aliphatic carbocycles. The second kappa shape index (κ2) is 8.45. The minimum absolute atomic E-state index is 0. The second-order valence-corrected chi connectivity index (χ2v) is 10.4. The van der Waals surface area contributed by atoms with Gasteiger partial charge in [0.2, 0.25) is 0 Å². The van der Waals surface area contributed by atoms with E-state index in [1.807, 2.05) is 6.34 Å². The number of halogens is 1. The molecule has 0 aromatic rings. The van der Waals surface area contributed by atoms with Crippen molar-refractivity contribution in [3.8, 4) is 0 Å². The fourth-order valence-corrected chi connectivity index (χ4v) is 7.51. The molecule has 4 saturated carbocycles. The molecule has 31 heavy (non-hydrogen) atoms. The van der Waals surface area contributed by atoms with Crippen LogP contribution in [-0.4, -0.2) is 74.3 Å². The van der Waals surface area contributed by atoms with E-state index in [1.165, 1.54) is 44.1 Å². The van der Waals surface area contributed by atoms with Gasteiger partial charge in [-0.05, 0) is 61.7 Å². The number of carbonyl (C=O) groups is 1. The van der Waals surface area contributed by atoms with E-state index in [2.05, 4.69) is 21.0 Å². The Labute approximate surface area is 190 Å². The van der Waals surface area contributed by atoms with Crippen molar-refractivity contribution >= 4 is 24.8 Å². The molecule has 5 fully saturated rings. The number of hydrazine groups is 1. The molecule has 1 saturated heterocycles. The van der Waals surface area contributed by atoms with Crippen LogP contribution in [0.1, 0.15) is 38.5 Å². The van der Waals surface area contributed by atoms with Gasteiger partial charge in [-0.2, -0.15) is 0 Å². The number of morpholine rings is 1. The lowest BCUT2D eigenvalue weighted by Crippen LogP contribution is -2.53. The maximum atomic E-state index is 12.8. The highest BCUT2D eigenvalue weighted by Gasteiger charge is 2.56. The van der Waals surface area contributed by atoms with Crippen LogP contribution in [-0.2, 0) is 4.74 Å². The zero-order valence-corrected chi connectivity index (χ0v) is 19.0. The average molecular weight is 451 g/mol. The minimum atomic E-state index is -0.0521. The molecular weight excluding hydrogens is 416 g/mol. The average Bonchev–Trinajstić information content (AvgIpc) is 3.18. The highest BCUT2D eigenvalue weighted by molar-refractivity contribution is 5.85. The monoisotopic (exact) mass is 450 g/mol. The van der Waals surface area contributed by atoms with Crippen LogP contribution in [0.25, 0.3) is 0 Å². The van der Waals surface area contributed by atoms with E-state index in [9.17, 15) is 4.79 Å². The Morgan fingerprint density at radius 3 is 2.52 bits per heavy atom. The third kappa shape index (κ3) is 3.91. The largest absolute Gasteiger partial charge is 0.379 e. The first-order chi connectivity index (χ1) is 14.7. The molecule has 8 nitrogen and oxygen atoms in total. The lowest BCUT2D eigenvalue weighted by molar-refractivity contribution is -0.0609. The first kappa shape index (κ1) is 21.3. The zero-order valence-electron chi connectivity index (χ0n) is 18.1. The predicted octanol–water partition coefficient (Wildman–Crippen LogP) is 1.70. The Balaban J connectivity index is 0.00000204. The molecular formula is C22H35ClN6O2. The summed E-state index contributed by atoms with van der Waals surface area (Å²) in [5.41, 5.74) is 4.91. The van der Waals surface area contributed by atoms with Gasteiger partial charge in [0.15, 0.2) is 0 Å². The van der Waals surface area contributed by atoms with Gasteiger partial charge < -0.3 is 15.4 Å². The summed E-state index contributed by atoms with van der Waals surface area (Å²) in [5, 5.41) is 8.07. The van der Waals surface area contributed by atoms with E-state index in [0.29, 0.717) is 18.5 Å². The molecule has 0 aromatic heterocycles. The van der Waals surface area contributed by atoms with Crippen LogP contribution in [0.2, 0.25) is 0 Å². The maximum absolute atomic E-state index is 12.8. The van der Waals surface area contributed by atoms with Gasteiger partial charge in [-0.3, -0.25) is 15.3 Å². The quantitative estimate of drug-likeness (QED) is 0.607. The number of carbonyl (C=O) groups excluding carboxylic acids is 1. The van der Waals surface area contributed by atoms with Crippen molar-refractivity contribution in [2.45, 2.75) is 44.6 Å². The SMILES string of the molecule is Cl.O=C(NCCN1CCOCC1)N1CC2=C(NC=NC2C23CC4CC(CC(C4)C2)C3)N1. The zero-order chi connectivity index (χ0) is 20.1. The van der Waals surface area contributed by atoms with Crippen molar-refractivity contribution < 1.29 is 9.53 Å². The van der Waals surface area contributed by atoms with E-state index in [1.54, 1.807) is 5.01 Å². The number of amides is 2. The maximum Gasteiger partial charge on any atom is 0.336 e. The van der Waals surface area contributed by atoms with Crippen LogP contribution in [0.5, 0.6) is 0 Å². The van der Waals surface area contributed by atoms with Gasteiger partial charge in [-0.1, -0.05) is 0 Å². The van der Waals surface area contributed by atoms with Gasteiger partial charge >= 0.3 is 6.03 Å². The Morgan fingerprint density at radius 1 is 1.16 bits per heavy atom. The summed E-state index contributed by atoms with van der Waals surface area (Å²) in [6, 6.07) is 0.171. The van der Waals surface area contributed by atoms with E-state index in [0.717, 1.165) is 56.4 Å². The molecule has 9 heteroatoms. The summed E-state index contributed by atoms with van der Waals surface area (Å²) in [4.78, 5) is 20.1. The first-order valence-electron chi connectivity index (χ1n) is 11.8. The molecule has 7 rings (SSSR count). The van der Waals surface area contributed by atoms with Crippen molar-refractivity contribution in [3.05, 3.63) is 11.4 Å². The Bertz CT molecular complexity index is 730. The molecule has 0 spiro atoms. The molecule has 0 aromatic carbocycles. The standard InChI is InChI=1S/C22H34N6O2.ClH/c29-21(23-1-2-27-3-5-30-6-4-27)28-13-18-19(24-14-25-20(18)26-28)22-10-15-7-16(11-22)9-17(8-15)12-22;/h14-17,19,26H,1-13H2,(H,23,29)(H,24,25);1H. The lowest BCUT2D eigenvalue weighted by atomic mass is 9.47. The molecule has 4 bridgehead atoms. The highest BCUT2D eigenvalue weighted by atomic mass is 35.5. The smallest absolute Gasteiger partial charge is 0.336 e. The van der Waals surface area contributed by atoms with Crippen molar-refractivity contribution in [1.29, 1.82) is 0 Å². The number of rotatable bonds is 4. The summed E-state index contributed by atoms with van der Waals surface area (Å²) in [6.45, 7) is 5.61. The topological polar surface area (TPSA) is 81.2 Å². The molecule has 3 N–H and O–H groups in total. The summed E-state index contributed by atoms with van der Waals surface area (Å²) < 4.78 is 5.39. The van der Waals surface area contributed by atoms with Crippen LogP contribution in [0, 0.1) is 23.2 Å². The van der Waals surface area contributed by atoms with Gasteiger partial charge in [-0.15, -0.1) is 12.4 Å². The van der Waals surface area contributed by atoms with Gasteiger partial charge in [-0.25, -0.2) is 9.80 Å². The van der Waals surface area contributed by atoms with Gasteiger partial charge in [0.05, 0.1) is 32.1 Å². The summed E-state index contributed by atoms with van der Waals surface area (Å²) in [6.07, 6.45) is 10.1.